The Morgan fingerprint density at radius 3 is 1.81 bits per heavy atom. The number of aliphatic hydroxyl groups is 2. The van der Waals surface area contributed by atoms with Crippen molar-refractivity contribution in [3.8, 4) is 11.1 Å². The number of fused-ring (bicyclic) bond motifs is 6. The maximum Gasteiger partial charge on any atom is 0.128 e. The molecule has 0 fully saturated rings. The van der Waals surface area contributed by atoms with Gasteiger partial charge in [0, 0.05) is 27.1 Å². The van der Waals surface area contributed by atoms with E-state index in [1.54, 1.807) is 6.92 Å². The number of benzene rings is 4. The zero-order valence-electron chi connectivity index (χ0n) is 18.0. The minimum absolute atomic E-state index is 0.621. The lowest BCUT2D eigenvalue weighted by atomic mass is 10.00. The summed E-state index contributed by atoms with van der Waals surface area (Å²) in [6.45, 7) is 3.60. The molecule has 6 aromatic rings. The minimum atomic E-state index is -0.653. The highest BCUT2D eigenvalue weighted by molar-refractivity contribution is 6.14. The van der Waals surface area contributed by atoms with Crippen LogP contribution in [0.25, 0.3) is 54.7 Å². The summed E-state index contributed by atoms with van der Waals surface area (Å²) < 4.78 is 3.99. The van der Waals surface area contributed by atoms with Crippen molar-refractivity contribution in [3.63, 3.8) is 0 Å². The van der Waals surface area contributed by atoms with Gasteiger partial charge in [-0.25, -0.2) is 0 Å². The van der Waals surface area contributed by atoms with Crippen LogP contribution in [0.4, 0.5) is 0 Å². The third-order valence-electron chi connectivity index (χ3n) is 6.50. The second-order valence-corrected chi connectivity index (χ2v) is 8.47. The highest BCUT2D eigenvalue weighted by Gasteiger charge is 2.19. The molecule has 0 spiro atoms. The molecule has 32 heavy (non-hydrogen) atoms. The van der Waals surface area contributed by atoms with Crippen LogP contribution in [0.2, 0.25) is 0 Å². The largest absolute Gasteiger partial charge is 0.374 e. The summed E-state index contributed by atoms with van der Waals surface area (Å²) in [5.74, 6) is 0. The Bertz CT molecular complexity index is 1640. The molecule has 4 aromatic carbocycles. The quantitative estimate of drug-likeness (QED) is 0.339. The number of aromatic nitrogens is 2. The molecule has 158 valence electrons. The summed E-state index contributed by atoms with van der Waals surface area (Å²) in [4.78, 5) is 0. The van der Waals surface area contributed by atoms with Crippen molar-refractivity contribution >= 4 is 43.6 Å². The Labute approximate surface area is 185 Å². The summed E-state index contributed by atoms with van der Waals surface area (Å²) in [6, 6.07) is 29.1. The van der Waals surface area contributed by atoms with Gasteiger partial charge in [-0.1, -0.05) is 60.7 Å². The van der Waals surface area contributed by atoms with Crippen molar-refractivity contribution in [3.05, 3.63) is 84.9 Å². The third-order valence-corrected chi connectivity index (χ3v) is 6.50. The Balaban J connectivity index is 1.72. The van der Waals surface area contributed by atoms with Crippen LogP contribution in [0, 0.1) is 0 Å². The molecule has 0 radical (unpaired) electrons. The van der Waals surface area contributed by atoms with Gasteiger partial charge >= 0.3 is 0 Å². The van der Waals surface area contributed by atoms with Crippen LogP contribution in [0.3, 0.4) is 0 Å². The van der Waals surface area contributed by atoms with Crippen LogP contribution < -0.4 is 0 Å². The first-order valence-corrected chi connectivity index (χ1v) is 11.0. The van der Waals surface area contributed by atoms with Crippen molar-refractivity contribution in [2.45, 2.75) is 26.3 Å². The minimum Gasteiger partial charge on any atom is -0.374 e. The van der Waals surface area contributed by atoms with Crippen LogP contribution in [0.15, 0.2) is 84.9 Å². The number of nitrogens with zero attached hydrogens (tertiary/aromatic N) is 2. The number of para-hydroxylation sites is 3. The zero-order valence-corrected chi connectivity index (χ0v) is 18.0. The second-order valence-electron chi connectivity index (χ2n) is 8.47. The van der Waals surface area contributed by atoms with Gasteiger partial charge in [-0.15, -0.1) is 0 Å². The number of rotatable bonds is 3. The lowest BCUT2D eigenvalue weighted by molar-refractivity contribution is 0.133. The monoisotopic (exact) mass is 420 g/mol. The summed E-state index contributed by atoms with van der Waals surface area (Å²) in [5, 5.41) is 25.6. The Hall–Kier alpha value is -3.60. The molecule has 2 aromatic heterocycles. The predicted molar refractivity (Wildman–Crippen MR) is 132 cm³/mol. The van der Waals surface area contributed by atoms with Gasteiger partial charge in [0.2, 0.25) is 0 Å². The fraction of sp³-hybridized carbons (Fsp3) is 0.143. The van der Waals surface area contributed by atoms with Gasteiger partial charge in [-0.3, -0.25) is 0 Å². The van der Waals surface area contributed by atoms with Crippen molar-refractivity contribution in [2.75, 3.05) is 0 Å². The average molecular weight is 421 g/mol. The molecule has 2 unspecified atom stereocenters. The molecule has 6 rings (SSSR count). The van der Waals surface area contributed by atoms with Crippen molar-refractivity contribution in [2.24, 2.45) is 0 Å². The number of hydrogen-bond acceptors (Lipinski definition) is 2. The molecule has 0 bridgehead atoms. The third kappa shape index (κ3) is 2.57. The Morgan fingerprint density at radius 1 is 0.562 bits per heavy atom. The SMILES string of the molecule is CC(O)n1c2ccccc2c2cc(-c3cccc4c5ccccc5n(C(C)O)c34)ccc21. The van der Waals surface area contributed by atoms with E-state index in [1.807, 2.05) is 46.4 Å². The van der Waals surface area contributed by atoms with E-state index in [4.69, 9.17) is 0 Å². The van der Waals surface area contributed by atoms with Crippen molar-refractivity contribution in [1.29, 1.82) is 0 Å². The van der Waals surface area contributed by atoms with Gasteiger partial charge in [0.25, 0.3) is 0 Å². The van der Waals surface area contributed by atoms with E-state index in [9.17, 15) is 10.2 Å². The van der Waals surface area contributed by atoms with E-state index in [-0.39, 0.29) is 0 Å². The zero-order chi connectivity index (χ0) is 22.0. The molecule has 2 heterocycles. The van der Waals surface area contributed by atoms with Crippen LogP contribution in [0.1, 0.15) is 26.3 Å². The molecule has 0 aliphatic rings. The van der Waals surface area contributed by atoms with E-state index in [2.05, 4.69) is 54.6 Å². The summed E-state index contributed by atoms with van der Waals surface area (Å²) in [5.41, 5.74) is 6.25. The normalized spacial score (nSPS) is 14.0. The van der Waals surface area contributed by atoms with Crippen LogP contribution in [-0.2, 0) is 0 Å². The van der Waals surface area contributed by atoms with E-state index >= 15 is 0 Å². The first-order valence-electron chi connectivity index (χ1n) is 11.0. The van der Waals surface area contributed by atoms with Gasteiger partial charge in [0.15, 0.2) is 0 Å². The van der Waals surface area contributed by atoms with E-state index in [0.29, 0.717) is 0 Å². The summed E-state index contributed by atoms with van der Waals surface area (Å²) >= 11 is 0. The first kappa shape index (κ1) is 19.1. The van der Waals surface area contributed by atoms with E-state index in [1.165, 1.54) is 0 Å². The van der Waals surface area contributed by atoms with Gasteiger partial charge in [0.1, 0.15) is 12.5 Å². The topological polar surface area (TPSA) is 50.3 Å². The second kappa shape index (κ2) is 6.95. The Kier molecular flexibility index (Phi) is 4.15. The van der Waals surface area contributed by atoms with Gasteiger partial charge < -0.3 is 19.3 Å². The molecule has 0 saturated heterocycles. The molecule has 4 heteroatoms. The molecular formula is C28H24N2O2. The van der Waals surface area contributed by atoms with Crippen LogP contribution >= 0.6 is 0 Å². The van der Waals surface area contributed by atoms with Crippen molar-refractivity contribution < 1.29 is 10.2 Å². The molecule has 0 aliphatic carbocycles. The molecule has 4 nitrogen and oxygen atoms in total. The lowest BCUT2D eigenvalue weighted by Gasteiger charge is -2.14. The molecule has 0 aliphatic heterocycles. The highest BCUT2D eigenvalue weighted by Crippen LogP contribution is 2.40. The van der Waals surface area contributed by atoms with Gasteiger partial charge in [0.05, 0.1) is 22.1 Å². The van der Waals surface area contributed by atoms with Crippen LogP contribution in [0.5, 0.6) is 0 Å². The summed E-state index contributed by atoms with van der Waals surface area (Å²) in [7, 11) is 0. The number of aliphatic hydroxyl groups excluding tert-OH is 2. The predicted octanol–water partition coefficient (Wildman–Crippen LogP) is 6.59. The summed E-state index contributed by atoms with van der Waals surface area (Å²) in [6.07, 6.45) is -1.27. The fourth-order valence-corrected chi connectivity index (χ4v) is 5.25. The number of hydrogen-bond donors (Lipinski definition) is 2. The van der Waals surface area contributed by atoms with E-state index < -0.39 is 12.5 Å². The lowest BCUT2D eigenvalue weighted by Crippen LogP contribution is -2.04. The van der Waals surface area contributed by atoms with E-state index in [0.717, 1.165) is 54.7 Å². The standard InChI is InChI=1S/C28H24N2O2/c1-17(31)29-25-12-5-4-9-22(25)24-16-19(14-15-27(24)29)20-10-7-11-23-21-8-3-6-13-26(21)30(18(2)32)28(20)23/h3-18,31-32H,1-2H3. The maximum absolute atomic E-state index is 10.7. The molecule has 0 saturated carbocycles. The van der Waals surface area contributed by atoms with Gasteiger partial charge in [-0.05, 0) is 43.7 Å². The highest BCUT2D eigenvalue weighted by atomic mass is 16.3. The fourth-order valence-electron chi connectivity index (χ4n) is 5.25. The van der Waals surface area contributed by atoms with Crippen molar-refractivity contribution in [1.82, 2.24) is 9.13 Å². The maximum atomic E-state index is 10.7. The molecule has 2 N–H and O–H groups in total. The van der Waals surface area contributed by atoms with Gasteiger partial charge in [-0.2, -0.15) is 0 Å². The average Bonchev–Trinajstić information content (AvgIpc) is 3.32. The molecular weight excluding hydrogens is 396 g/mol. The first-order chi connectivity index (χ1) is 15.6. The van der Waals surface area contributed by atoms with Crippen LogP contribution in [-0.4, -0.2) is 19.3 Å². The molecule has 2 atom stereocenters. The molecule has 0 amide bonds. The Morgan fingerprint density at radius 2 is 1.12 bits per heavy atom. The smallest absolute Gasteiger partial charge is 0.128 e.